The van der Waals surface area contributed by atoms with Gasteiger partial charge in [0, 0.05) is 31.0 Å². The van der Waals surface area contributed by atoms with Gasteiger partial charge in [-0.2, -0.15) is 0 Å². The van der Waals surface area contributed by atoms with E-state index < -0.39 is 0 Å². The number of aryl methyl sites for hydroxylation is 1. The summed E-state index contributed by atoms with van der Waals surface area (Å²) in [5, 5.41) is 3.43. The van der Waals surface area contributed by atoms with E-state index in [1.165, 1.54) is 30.2 Å². The third kappa shape index (κ3) is 3.18. The molecule has 0 spiro atoms. The zero-order valence-corrected chi connectivity index (χ0v) is 12.4. The third-order valence-electron chi connectivity index (χ3n) is 4.10. The summed E-state index contributed by atoms with van der Waals surface area (Å²) in [5.41, 5.74) is 4.55. The summed E-state index contributed by atoms with van der Waals surface area (Å²) in [7, 11) is 0. The SMILES string of the molecule is Cc1cc(F)ccc1NCc1ccccc1N1CCCC1. The lowest BCUT2D eigenvalue weighted by Crippen LogP contribution is -2.20. The van der Waals surface area contributed by atoms with E-state index in [4.69, 9.17) is 0 Å². The first-order chi connectivity index (χ1) is 10.2. The number of hydrogen-bond acceptors (Lipinski definition) is 2. The molecule has 0 amide bonds. The second-order valence-electron chi connectivity index (χ2n) is 5.64. The molecule has 0 saturated carbocycles. The molecule has 1 aliphatic heterocycles. The molecule has 110 valence electrons. The molecule has 0 unspecified atom stereocenters. The van der Waals surface area contributed by atoms with Gasteiger partial charge in [0.15, 0.2) is 0 Å². The number of halogens is 1. The molecule has 0 atom stereocenters. The van der Waals surface area contributed by atoms with E-state index in [-0.39, 0.29) is 5.82 Å². The van der Waals surface area contributed by atoms with Gasteiger partial charge in [-0.05, 0) is 55.2 Å². The summed E-state index contributed by atoms with van der Waals surface area (Å²) < 4.78 is 13.1. The maximum Gasteiger partial charge on any atom is 0.123 e. The normalized spacial score (nSPS) is 14.5. The quantitative estimate of drug-likeness (QED) is 0.898. The molecule has 1 saturated heterocycles. The number of nitrogens with one attached hydrogen (secondary N) is 1. The minimum absolute atomic E-state index is 0.185. The van der Waals surface area contributed by atoms with Crippen molar-refractivity contribution < 1.29 is 4.39 Å². The van der Waals surface area contributed by atoms with Gasteiger partial charge in [-0.15, -0.1) is 0 Å². The van der Waals surface area contributed by atoms with E-state index in [9.17, 15) is 4.39 Å². The fraction of sp³-hybridized carbons (Fsp3) is 0.333. The highest BCUT2D eigenvalue weighted by molar-refractivity contribution is 5.57. The number of anilines is 2. The van der Waals surface area contributed by atoms with E-state index in [1.54, 1.807) is 6.07 Å². The van der Waals surface area contributed by atoms with Gasteiger partial charge in [-0.1, -0.05) is 18.2 Å². The van der Waals surface area contributed by atoms with Crippen LogP contribution in [0.4, 0.5) is 15.8 Å². The van der Waals surface area contributed by atoms with Gasteiger partial charge in [0.1, 0.15) is 5.82 Å². The number of rotatable bonds is 4. The van der Waals surface area contributed by atoms with Gasteiger partial charge in [0.2, 0.25) is 0 Å². The van der Waals surface area contributed by atoms with E-state index in [0.29, 0.717) is 0 Å². The van der Waals surface area contributed by atoms with E-state index in [2.05, 4.69) is 34.5 Å². The largest absolute Gasteiger partial charge is 0.381 e. The van der Waals surface area contributed by atoms with Gasteiger partial charge >= 0.3 is 0 Å². The van der Waals surface area contributed by atoms with Gasteiger partial charge in [0.25, 0.3) is 0 Å². The molecule has 1 aliphatic rings. The van der Waals surface area contributed by atoms with Crippen molar-refractivity contribution in [3.05, 3.63) is 59.4 Å². The lowest BCUT2D eigenvalue weighted by molar-refractivity contribution is 0.627. The Labute approximate surface area is 125 Å². The summed E-state index contributed by atoms with van der Waals surface area (Å²) in [4.78, 5) is 2.45. The van der Waals surface area contributed by atoms with Gasteiger partial charge < -0.3 is 10.2 Å². The molecule has 0 radical (unpaired) electrons. The van der Waals surface area contributed by atoms with Crippen molar-refractivity contribution in [2.45, 2.75) is 26.3 Å². The Morgan fingerprint density at radius 3 is 2.62 bits per heavy atom. The highest BCUT2D eigenvalue weighted by Gasteiger charge is 2.15. The summed E-state index contributed by atoms with van der Waals surface area (Å²) >= 11 is 0. The van der Waals surface area contributed by atoms with Gasteiger partial charge in [0.05, 0.1) is 0 Å². The number of para-hydroxylation sites is 1. The predicted molar refractivity (Wildman–Crippen MR) is 86.4 cm³/mol. The van der Waals surface area contributed by atoms with Crippen molar-refractivity contribution >= 4 is 11.4 Å². The van der Waals surface area contributed by atoms with Crippen LogP contribution in [-0.2, 0) is 6.54 Å². The molecule has 1 heterocycles. The molecule has 0 bridgehead atoms. The van der Waals surface area contributed by atoms with Crippen molar-refractivity contribution in [2.75, 3.05) is 23.3 Å². The van der Waals surface area contributed by atoms with Crippen molar-refractivity contribution in [3.8, 4) is 0 Å². The molecule has 2 aromatic carbocycles. The molecular weight excluding hydrogens is 263 g/mol. The Morgan fingerprint density at radius 1 is 1.10 bits per heavy atom. The van der Waals surface area contributed by atoms with Gasteiger partial charge in [-0.3, -0.25) is 0 Å². The molecule has 3 heteroatoms. The van der Waals surface area contributed by atoms with Crippen LogP contribution >= 0.6 is 0 Å². The average Bonchev–Trinajstić information content (AvgIpc) is 3.01. The Morgan fingerprint density at radius 2 is 1.86 bits per heavy atom. The van der Waals surface area contributed by atoms with Crippen molar-refractivity contribution in [2.24, 2.45) is 0 Å². The first-order valence-electron chi connectivity index (χ1n) is 7.57. The summed E-state index contributed by atoms with van der Waals surface area (Å²) in [6.45, 7) is 4.98. The van der Waals surface area contributed by atoms with Crippen LogP contribution in [0.2, 0.25) is 0 Å². The fourth-order valence-corrected chi connectivity index (χ4v) is 2.94. The molecule has 1 N–H and O–H groups in total. The van der Waals surface area contributed by atoms with Crippen LogP contribution < -0.4 is 10.2 Å². The van der Waals surface area contributed by atoms with Crippen molar-refractivity contribution in [3.63, 3.8) is 0 Å². The minimum Gasteiger partial charge on any atom is -0.381 e. The van der Waals surface area contributed by atoms with Crippen LogP contribution in [0.3, 0.4) is 0 Å². The van der Waals surface area contributed by atoms with Crippen LogP contribution in [0, 0.1) is 12.7 Å². The maximum absolute atomic E-state index is 13.1. The maximum atomic E-state index is 13.1. The first kappa shape index (κ1) is 13.9. The molecule has 1 fully saturated rings. The van der Waals surface area contributed by atoms with E-state index >= 15 is 0 Å². The second kappa shape index (κ2) is 6.17. The molecule has 3 rings (SSSR count). The number of benzene rings is 2. The number of hydrogen-bond donors (Lipinski definition) is 1. The first-order valence-corrected chi connectivity index (χ1v) is 7.57. The van der Waals surface area contributed by atoms with Crippen LogP contribution in [0.5, 0.6) is 0 Å². The summed E-state index contributed by atoms with van der Waals surface area (Å²) in [6.07, 6.45) is 2.55. The average molecular weight is 284 g/mol. The van der Waals surface area contributed by atoms with Gasteiger partial charge in [-0.25, -0.2) is 4.39 Å². The molecule has 0 aliphatic carbocycles. The minimum atomic E-state index is -0.185. The Balaban J connectivity index is 1.75. The summed E-state index contributed by atoms with van der Waals surface area (Å²) in [5.74, 6) is -0.185. The van der Waals surface area contributed by atoms with Crippen LogP contribution in [0.15, 0.2) is 42.5 Å². The van der Waals surface area contributed by atoms with E-state index in [0.717, 1.165) is 30.9 Å². The lowest BCUT2D eigenvalue weighted by Gasteiger charge is -2.22. The number of nitrogens with zero attached hydrogens (tertiary/aromatic N) is 1. The molecule has 2 aromatic rings. The van der Waals surface area contributed by atoms with Crippen molar-refractivity contribution in [1.29, 1.82) is 0 Å². The summed E-state index contributed by atoms with van der Waals surface area (Å²) in [6, 6.07) is 13.4. The highest BCUT2D eigenvalue weighted by Crippen LogP contribution is 2.25. The Kier molecular flexibility index (Phi) is 4.09. The molecular formula is C18H21FN2. The second-order valence-corrected chi connectivity index (χ2v) is 5.64. The zero-order chi connectivity index (χ0) is 14.7. The monoisotopic (exact) mass is 284 g/mol. The van der Waals surface area contributed by atoms with Crippen LogP contribution in [-0.4, -0.2) is 13.1 Å². The van der Waals surface area contributed by atoms with Crippen molar-refractivity contribution in [1.82, 2.24) is 0 Å². The molecule has 2 nitrogen and oxygen atoms in total. The zero-order valence-electron chi connectivity index (χ0n) is 12.4. The lowest BCUT2D eigenvalue weighted by atomic mass is 10.1. The van der Waals surface area contributed by atoms with Crippen LogP contribution in [0.25, 0.3) is 0 Å². The predicted octanol–water partition coefficient (Wildman–Crippen LogP) is 4.35. The van der Waals surface area contributed by atoms with E-state index in [1.807, 2.05) is 13.0 Å². The Bertz CT molecular complexity index is 618. The third-order valence-corrected chi connectivity index (χ3v) is 4.10. The highest BCUT2D eigenvalue weighted by atomic mass is 19.1. The van der Waals surface area contributed by atoms with Crippen LogP contribution in [0.1, 0.15) is 24.0 Å². The Hall–Kier alpha value is -2.03. The standard InChI is InChI=1S/C18H21FN2/c1-14-12-16(19)8-9-17(14)20-13-15-6-2-3-7-18(15)21-10-4-5-11-21/h2-3,6-9,12,20H,4-5,10-11,13H2,1H3. The molecule has 21 heavy (non-hydrogen) atoms. The fourth-order valence-electron chi connectivity index (χ4n) is 2.94. The molecule has 0 aromatic heterocycles. The topological polar surface area (TPSA) is 15.3 Å². The smallest absolute Gasteiger partial charge is 0.123 e.